The van der Waals surface area contributed by atoms with E-state index in [-0.39, 0.29) is 23.9 Å². The van der Waals surface area contributed by atoms with Crippen LogP contribution in [0.3, 0.4) is 0 Å². The molecule has 3 rings (SSSR count). The molecule has 2 N–H and O–H groups in total. The van der Waals surface area contributed by atoms with Crippen molar-refractivity contribution in [3.8, 4) is 0 Å². The van der Waals surface area contributed by atoms with Crippen LogP contribution in [0.5, 0.6) is 0 Å². The molecule has 1 atom stereocenters. The van der Waals surface area contributed by atoms with Crippen molar-refractivity contribution in [3.63, 3.8) is 0 Å². The maximum atomic E-state index is 12.4. The van der Waals surface area contributed by atoms with Gasteiger partial charge in [-0.15, -0.1) is 0 Å². The van der Waals surface area contributed by atoms with Crippen LogP contribution < -0.4 is 10.0 Å². The zero-order valence-corrected chi connectivity index (χ0v) is 16.3. The molecule has 26 heavy (non-hydrogen) atoms. The van der Waals surface area contributed by atoms with Crippen LogP contribution in [0.25, 0.3) is 0 Å². The second kappa shape index (κ2) is 8.03. The zero-order chi connectivity index (χ0) is 18.7. The first-order valence-corrected chi connectivity index (χ1v) is 10.6. The molecular weight excluding hydrogens is 356 g/mol. The molecule has 1 unspecified atom stereocenters. The molecule has 0 aliphatic carbocycles. The predicted molar refractivity (Wildman–Crippen MR) is 97.2 cm³/mol. The Balaban J connectivity index is 1.45. The molecule has 1 aromatic rings. The number of piperazine rings is 1. The minimum Gasteiger partial charge on any atom is -0.341 e. The SMILES string of the molecule is Cc1nc(S(=O)(=O)NCCC(=O)N2CCC(N3CCNCC3)C2)cn1C. The highest BCUT2D eigenvalue weighted by atomic mass is 32.2. The highest BCUT2D eigenvalue weighted by molar-refractivity contribution is 7.89. The molecule has 1 aromatic heterocycles. The van der Waals surface area contributed by atoms with E-state index in [1.165, 1.54) is 6.20 Å². The van der Waals surface area contributed by atoms with Crippen LogP contribution in [-0.2, 0) is 21.9 Å². The van der Waals surface area contributed by atoms with Gasteiger partial charge >= 0.3 is 0 Å². The number of carbonyl (C=O) groups excluding carboxylic acids is 1. The van der Waals surface area contributed by atoms with Gasteiger partial charge in [0.2, 0.25) is 5.91 Å². The van der Waals surface area contributed by atoms with Crippen LogP contribution in [-0.4, -0.2) is 85.5 Å². The molecule has 3 heterocycles. The van der Waals surface area contributed by atoms with E-state index in [2.05, 4.69) is 19.9 Å². The molecule has 2 aliphatic rings. The minimum atomic E-state index is -3.68. The summed E-state index contributed by atoms with van der Waals surface area (Å²) in [6.45, 7) is 7.37. The van der Waals surface area contributed by atoms with E-state index in [0.29, 0.717) is 11.9 Å². The molecule has 1 amide bonds. The van der Waals surface area contributed by atoms with Crippen LogP contribution in [0.4, 0.5) is 0 Å². The van der Waals surface area contributed by atoms with Crippen LogP contribution in [0.2, 0.25) is 0 Å². The summed E-state index contributed by atoms with van der Waals surface area (Å²) in [5.41, 5.74) is 0. The first kappa shape index (κ1) is 19.3. The molecule has 9 nitrogen and oxygen atoms in total. The van der Waals surface area contributed by atoms with Gasteiger partial charge in [0.05, 0.1) is 0 Å². The summed E-state index contributed by atoms with van der Waals surface area (Å²) in [5.74, 6) is 0.625. The standard InChI is InChI=1S/C16H28N6O3S/c1-13-19-15(12-20(13)2)26(24,25)18-5-3-16(23)22-8-4-14(11-22)21-9-6-17-7-10-21/h12,14,17-18H,3-11H2,1-2H3. The second-order valence-corrected chi connectivity index (χ2v) is 8.67. The van der Waals surface area contributed by atoms with Crippen molar-refractivity contribution in [3.05, 3.63) is 12.0 Å². The molecule has 146 valence electrons. The van der Waals surface area contributed by atoms with Gasteiger partial charge in [0, 0.05) is 71.5 Å². The van der Waals surface area contributed by atoms with Gasteiger partial charge in [-0.3, -0.25) is 9.69 Å². The fraction of sp³-hybridized carbons (Fsp3) is 0.750. The number of rotatable bonds is 6. The van der Waals surface area contributed by atoms with Gasteiger partial charge in [0.15, 0.2) is 5.03 Å². The Morgan fingerprint density at radius 3 is 2.73 bits per heavy atom. The third-order valence-corrected chi connectivity index (χ3v) is 6.51. The van der Waals surface area contributed by atoms with Crippen molar-refractivity contribution in [2.75, 3.05) is 45.8 Å². The number of nitrogens with one attached hydrogen (secondary N) is 2. The first-order chi connectivity index (χ1) is 12.4. The van der Waals surface area contributed by atoms with E-state index in [1.807, 2.05) is 4.90 Å². The lowest BCUT2D eigenvalue weighted by Gasteiger charge is -2.32. The zero-order valence-electron chi connectivity index (χ0n) is 15.4. The summed E-state index contributed by atoms with van der Waals surface area (Å²) in [5, 5.41) is 3.33. The summed E-state index contributed by atoms with van der Waals surface area (Å²) in [4.78, 5) is 20.7. The number of nitrogens with zero attached hydrogens (tertiary/aromatic N) is 4. The van der Waals surface area contributed by atoms with Gasteiger partial charge in [-0.1, -0.05) is 0 Å². The molecule has 0 saturated carbocycles. The Bertz CT molecular complexity index is 722. The average Bonchev–Trinajstić information content (AvgIpc) is 3.23. The number of carbonyl (C=O) groups is 1. The molecule has 2 saturated heterocycles. The van der Waals surface area contributed by atoms with Crippen molar-refractivity contribution in [2.24, 2.45) is 7.05 Å². The smallest absolute Gasteiger partial charge is 0.259 e. The Morgan fingerprint density at radius 2 is 2.08 bits per heavy atom. The highest BCUT2D eigenvalue weighted by Gasteiger charge is 2.30. The van der Waals surface area contributed by atoms with E-state index >= 15 is 0 Å². The summed E-state index contributed by atoms with van der Waals surface area (Å²) in [7, 11) is -1.93. The van der Waals surface area contributed by atoms with Crippen molar-refractivity contribution < 1.29 is 13.2 Å². The Labute approximate surface area is 154 Å². The van der Waals surface area contributed by atoms with E-state index in [0.717, 1.165) is 45.7 Å². The number of imidazole rings is 1. The summed E-state index contributed by atoms with van der Waals surface area (Å²) < 4.78 is 28.6. The molecular formula is C16H28N6O3S. The van der Waals surface area contributed by atoms with Crippen LogP contribution in [0.15, 0.2) is 11.2 Å². The third kappa shape index (κ3) is 4.43. The largest absolute Gasteiger partial charge is 0.341 e. The lowest BCUT2D eigenvalue weighted by Crippen LogP contribution is -2.49. The lowest BCUT2D eigenvalue weighted by molar-refractivity contribution is -0.130. The molecule has 0 bridgehead atoms. The van der Waals surface area contributed by atoms with Gasteiger partial charge in [0.1, 0.15) is 5.82 Å². The van der Waals surface area contributed by atoms with Gasteiger partial charge in [-0.2, -0.15) is 0 Å². The molecule has 10 heteroatoms. The van der Waals surface area contributed by atoms with Crippen molar-refractivity contribution in [1.82, 2.24) is 29.4 Å². The summed E-state index contributed by atoms with van der Waals surface area (Å²) >= 11 is 0. The van der Waals surface area contributed by atoms with Crippen molar-refractivity contribution in [2.45, 2.75) is 30.8 Å². The molecule has 0 radical (unpaired) electrons. The summed E-state index contributed by atoms with van der Waals surface area (Å²) in [6.07, 6.45) is 2.63. The minimum absolute atomic E-state index is 0.00235. The number of aryl methyl sites for hydroxylation is 2. The quantitative estimate of drug-likeness (QED) is 0.646. The molecule has 2 aliphatic heterocycles. The molecule has 0 spiro atoms. The molecule has 0 aromatic carbocycles. The van der Waals surface area contributed by atoms with E-state index in [1.54, 1.807) is 18.5 Å². The number of amides is 1. The lowest BCUT2D eigenvalue weighted by atomic mass is 10.2. The number of aromatic nitrogens is 2. The maximum Gasteiger partial charge on any atom is 0.259 e. The van der Waals surface area contributed by atoms with E-state index in [9.17, 15) is 13.2 Å². The van der Waals surface area contributed by atoms with Gasteiger partial charge in [0.25, 0.3) is 10.0 Å². The average molecular weight is 385 g/mol. The Kier molecular flexibility index (Phi) is 5.96. The number of hydrogen-bond acceptors (Lipinski definition) is 6. The van der Waals surface area contributed by atoms with Gasteiger partial charge in [-0.05, 0) is 13.3 Å². The Hall–Kier alpha value is -1.49. The molecule has 2 fully saturated rings. The first-order valence-electron chi connectivity index (χ1n) is 9.09. The number of likely N-dealkylation sites (tertiary alicyclic amines) is 1. The second-order valence-electron chi connectivity index (χ2n) is 6.95. The van der Waals surface area contributed by atoms with Gasteiger partial charge in [-0.25, -0.2) is 18.1 Å². The highest BCUT2D eigenvalue weighted by Crippen LogP contribution is 2.17. The number of hydrogen-bond donors (Lipinski definition) is 2. The van der Waals surface area contributed by atoms with Crippen molar-refractivity contribution >= 4 is 15.9 Å². The summed E-state index contributed by atoms with van der Waals surface area (Å²) in [6, 6.07) is 0.425. The van der Waals surface area contributed by atoms with Crippen molar-refractivity contribution in [1.29, 1.82) is 0 Å². The van der Waals surface area contributed by atoms with Crippen LogP contribution >= 0.6 is 0 Å². The van der Waals surface area contributed by atoms with Gasteiger partial charge < -0.3 is 14.8 Å². The topological polar surface area (TPSA) is 99.6 Å². The maximum absolute atomic E-state index is 12.4. The van der Waals surface area contributed by atoms with Crippen LogP contribution in [0, 0.1) is 6.92 Å². The normalized spacial score (nSPS) is 22.1. The fourth-order valence-electron chi connectivity index (χ4n) is 3.49. The number of sulfonamides is 1. The Morgan fingerprint density at radius 1 is 1.35 bits per heavy atom. The predicted octanol–water partition coefficient (Wildman–Crippen LogP) is -1.10. The fourth-order valence-corrected chi connectivity index (χ4v) is 4.56. The third-order valence-electron chi connectivity index (χ3n) is 5.18. The van der Waals surface area contributed by atoms with E-state index < -0.39 is 10.0 Å². The van der Waals surface area contributed by atoms with E-state index in [4.69, 9.17) is 0 Å². The van der Waals surface area contributed by atoms with Crippen LogP contribution in [0.1, 0.15) is 18.7 Å². The monoisotopic (exact) mass is 384 g/mol.